The van der Waals surface area contributed by atoms with Crippen molar-refractivity contribution >= 4 is 10.9 Å². The smallest absolute Gasteiger partial charge is 0.278 e. The van der Waals surface area contributed by atoms with Crippen LogP contribution < -0.4 is 15.0 Å². The summed E-state index contributed by atoms with van der Waals surface area (Å²) in [5.74, 6) is 1.78. The molecule has 0 amide bonds. The summed E-state index contributed by atoms with van der Waals surface area (Å²) < 4.78 is 17.0. The highest BCUT2D eigenvalue weighted by Crippen LogP contribution is 2.28. The fourth-order valence-electron chi connectivity index (χ4n) is 2.63. The average molecular weight is 365 g/mol. The van der Waals surface area contributed by atoms with E-state index in [0.29, 0.717) is 33.8 Å². The lowest BCUT2D eigenvalue weighted by molar-refractivity contribution is 0.392. The number of hydrogen-bond acceptors (Lipinski definition) is 8. The van der Waals surface area contributed by atoms with Gasteiger partial charge in [-0.25, -0.2) is 4.68 Å². The van der Waals surface area contributed by atoms with E-state index in [2.05, 4.69) is 20.5 Å². The molecule has 136 valence electrons. The Morgan fingerprint density at radius 3 is 2.56 bits per heavy atom. The summed E-state index contributed by atoms with van der Waals surface area (Å²) in [7, 11) is 3.12. The largest absolute Gasteiger partial charge is 0.497 e. The molecule has 2 heterocycles. The lowest BCUT2D eigenvalue weighted by Gasteiger charge is -2.05. The number of aromatic nitrogens is 5. The Morgan fingerprint density at radius 1 is 1.07 bits per heavy atom. The second kappa shape index (κ2) is 6.87. The maximum Gasteiger partial charge on any atom is 0.278 e. The van der Waals surface area contributed by atoms with Gasteiger partial charge in [0.2, 0.25) is 0 Å². The Bertz CT molecular complexity index is 1150. The van der Waals surface area contributed by atoms with Gasteiger partial charge in [-0.1, -0.05) is 22.5 Å². The van der Waals surface area contributed by atoms with E-state index in [1.54, 1.807) is 56.7 Å². The van der Waals surface area contributed by atoms with E-state index in [1.165, 1.54) is 4.68 Å². The van der Waals surface area contributed by atoms with Gasteiger partial charge < -0.3 is 14.0 Å². The molecule has 9 heteroatoms. The highest BCUT2D eigenvalue weighted by Gasteiger charge is 2.14. The zero-order chi connectivity index (χ0) is 18.8. The van der Waals surface area contributed by atoms with Gasteiger partial charge in [-0.05, 0) is 24.3 Å². The Balaban J connectivity index is 1.66. The van der Waals surface area contributed by atoms with E-state index in [-0.39, 0.29) is 18.0 Å². The summed E-state index contributed by atoms with van der Waals surface area (Å²) in [6.45, 7) is 0.0429. The molecule has 0 aliphatic heterocycles. The van der Waals surface area contributed by atoms with Crippen molar-refractivity contribution in [2.75, 3.05) is 14.2 Å². The van der Waals surface area contributed by atoms with Crippen molar-refractivity contribution in [3.8, 4) is 23.0 Å². The van der Waals surface area contributed by atoms with Crippen LogP contribution in [0.3, 0.4) is 0 Å². The zero-order valence-electron chi connectivity index (χ0n) is 14.6. The average Bonchev–Trinajstić information content (AvgIpc) is 3.18. The third kappa shape index (κ3) is 3.22. The molecule has 0 N–H and O–H groups in total. The van der Waals surface area contributed by atoms with Crippen molar-refractivity contribution in [3.63, 3.8) is 0 Å². The standard InChI is InChI=1S/C18H15N5O4/c1-25-12-7-11(8-13(9-12)26-2)17-19-16(21-27-17)10-23-18(24)14-5-3-4-6-15(14)20-22-23/h3-9H,10H2,1-2H3. The zero-order valence-corrected chi connectivity index (χ0v) is 14.6. The van der Waals surface area contributed by atoms with Crippen LogP contribution in [0.1, 0.15) is 5.82 Å². The lowest BCUT2D eigenvalue weighted by Crippen LogP contribution is -2.25. The minimum Gasteiger partial charge on any atom is -0.497 e. The van der Waals surface area contributed by atoms with E-state index >= 15 is 0 Å². The highest BCUT2D eigenvalue weighted by atomic mass is 16.5. The molecular weight excluding hydrogens is 350 g/mol. The molecule has 0 aliphatic carbocycles. The minimum absolute atomic E-state index is 0.0429. The summed E-state index contributed by atoms with van der Waals surface area (Å²) in [6, 6.07) is 12.3. The number of nitrogens with zero attached hydrogens (tertiary/aromatic N) is 5. The van der Waals surface area contributed by atoms with Crippen molar-refractivity contribution < 1.29 is 14.0 Å². The maximum atomic E-state index is 12.5. The Morgan fingerprint density at radius 2 is 1.81 bits per heavy atom. The predicted molar refractivity (Wildman–Crippen MR) is 95.7 cm³/mol. The molecule has 9 nitrogen and oxygen atoms in total. The quantitative estimate of drug-likeness (QED) is 0.528. The molecular formula is C18H15N5O4. The van der Waals surface area contributed by atoms with E-state index in [4.69, 9.17) is 14.0 Å². The van der Waals surface area contributed by atoms with Gasteiger partial charge in [0.15, 0.2) is 5.82 Å². The van der Waals surface area contributed by atoms with Crippen LogP contribution in [0.25, 0.3) is 22.4 Å². The SMILES string of the molecule is COc1cc(OC)cc(-c2nc(Cn3nnc4ccccc4c3=O)no2)c1. The summed E-state index contributed by atoms with van der Waals surface area (Å²) in [5.41, 5.74) is 0.910. The van der Waals surface area contributed by atoms with Crippen molar-refractivity contribution in [2.24, 2.45) is 0 Å². The third-order valence-electron chi connectivity index (χ3n) is 3.99. The minimum atomic E-state index is -0.269. The van der Waals surface area contributed by atoms with Crippen LogP contribution in [0.15, 0.2) is 51.8 Å². The van der Waals surface area contributed by atoms with E-state index in [1.807, 2.05) is 0 Å². The van der Waals surface area contributed by atoms with E-state index in [9.17, 15) is 4.79 Å². The van der Waals surface area contributed by atoms with Gasteiger partial charge in [0.25, 0.3) is 11.4 Å². The molecule has 0 radical (unpaired) electrons. The number of benzene rings is 2. The van der Waals surface area contributed by atoms with Crippen molar-refractivity contribution in [3.05, 3.63) is 58.6 Å². The van der Waals surface area contributed by atoms with Crippen molar-refractivity contribution in [1.82, 2.24) is 25.1 Å². The Labute approximate surface area is 153 Å². The number of rotatable bonds is 5. The summed E-state index contributed by atoms with van der Waals surface area (Å²) in [6.07, 6.45) is 0. The van der Waals surface area contributed by atoms with Crippen LogP contribution in [0.2, 0.25) is 0 Å². The molecule has 4 aromatic rings. The first-order valence-electron chi connectivity index (χ1n) is 8.06. The van der Waals surface area contributed by atoms with Crippen molar-refractivity contribution in [1.29, 1.82) is 0 Å². The topological polar surface area (TPSA) is 105 Å². The van der Waals surface area contributed by atoms with Crippen molar-refractivity contribution in [2.45, 2.75) is 6.54 Å². The van der Waals surface area contributed by atoms with Crippen LogP contribution in [0.5, 0.6) is 11.5 Å². The molecule has 0 aliphatic rings. The van der Waals surface area contributed by atoms with Crippen LogP contribution in [-0.2, 0) is 6.54 Å². The van der Waals surface area contributed by atoms with Crippen LogP contribution in [0.4, 0.5) is 0 Å². The molecule has 0 unspecified atom stereocenters. The van der Waals surface area contributed by atoms with Gasteiger partial charge in [-0.3, -0.25) is 4.79 Å². The van der Waals surface area contributed by atoms with Crippen LogP contribution in [0, 0.1) is 0 Å². The first-order chi connectivity index (χ1) is 13.2. The maximum absolute atomic E-state index is 12.5. The van der Waals surface area contributed by atoms with E-state index in [0.717, 1.165) is 0 Å². The second-order valence-corrected chi connectivity index (χ2v) is 5.69. The van der Waals surface area contributed by atoms with Gasteiger partial charge >= 0.3 is 0 Å². The summed E-state index contributed by atoms with van der Waals surface area (Å²) in [4.78, 5) is 16.8. The first kappa shape index (κ1) is 16.7. The monoisotopic (exact) mass is 365 g/mol. The fraction of sp³-hybridized carbons (Fsp3) is 0.167. The number of methoxy groups -OCH3 is 2. The highest BCUT2D eigenvalue weighted by molar-refractivity contribution is 5.76. The number of hydrogen-bond donors (Lipinski definition) is 0. The second-order valence-electron chi connectivity index (χ2n) is 5.69. The summed E-state index contributed by atoms with van der Waals surface area (Å²) >= 11 is 0. The number of fused-ring (bicyclic) bond motifs is 1. The third-order valence-corrected chi connectivity index (χ3v) is 3.99. The molecule has 2 aromatic heterocycles. The molecule has 0 atom stereocenters. The molecule has 0 saturated heterocycles. The van der Waals surface area contributed by atoms with Gasteiger partial charge in [0.1, 0.15) is 23.6 Å². The molecule has 27 heavy (non-hydrogen) atoms. The van der Waals surface area contributed by atoms with Crippen LogP contribution in [-0.4, -0.2) is 39.4 Å². The molecule has 0 fully saturated rings. The molecule has 4 rings (SSSR count). The first-order valence-corrected chi connectivity index (χ1v) is 8.06. The van der Waals surface area contributed by atoms with Crippen LogP contribution >= 0.6 is 0 Å². The van der Waals surface area contributed by atoms with Gasteiger partial charge in [-0.15, -0.1) is 5.10 Å². The molecule has 0 saturated carbocycles. The fourth-order valence-corrected chi connectivity index (χ4v) is 2.63. The predicted octanol–water partition coefficient (Wildman–Crippen LogP) is 1.91. The van der Waals surface area contributed by atoms with Gasteiger partial charge in [0, 0.05) is 11.6 Å². The molecule has 0 bridgehead atoms. The Hall–Kier alpha value is -3.75. The number of ether oxygens (including phenoxy) is 2. The van der Waals surface area contributed by atoms with Gasteiger partial charge in [-0.2, -0.15) is 4.98 Å². The normalized spacial score (nSPS) is 10.9. The Kier molecular flexibility index (Phi) is 4.25. The lowest BCUT2D eigenvalue weighted by atomic mass is 10.2. The summed E-state index contributed by atoms with van der Waals surface area (Å²) in [5, 5.41) is 12.4. The van der Waals surface area contributed by atoms with Gasteiger partial charge in [0.05, 0.1) is 19.6 Å². The van der Waals surface area contributed by atoms with E-state index < -0.39 is 0 Å². The molecule has 0 spiro atoms. The molecule has 2 aromatic carbocycles.